The molecule has 0 aliphatic rings. The molecule has 1 amide bonds. The van der Waals surface area contributed by atoms with Gasteiger partial charge in [0, 0.05) is 23.1 Å². The summed E-state index contributed by atoms with van der Waals surface area (Å²) in [4.78, 5) is 12.1. The molecule has 1 atom stereocenters. The molecule has 26 heavy (non-hydrogen) atoms. The van der Waals surface area contributed by atoms with Gasteiger partial charge in [0.15, 0.2) is 0 Å². The normalized spacial score (nSPS) is 11.8. The Balaban J connectivity index is 1.67. The van der Waals surface area contributed by atoms with Crippen LogP contribution in [0.3, 0.4) is 0 Å². The zero-order valence-electron chi connectivity index (χ0n) is 14.7. The van der Waals surface area contributed by atoms with Crippen LogP contribution >= 0.6 is 11.8 Å². The largest absolute Gasteiger partial charge is 0.497 e. The highest BCUT2D eigenvalue weighted by molar-refractivity contribution is 7.99. The van der Waals surface area contributed by atoms with E-state index >= 15 is 0 Å². The van der Waals surface area contributed by atoms with Crippen LogP contribution in [0.25, 0.3) is 11.5 Å². The van der Waals surface area contributed by atoms with Crippen molar-refractivity contribution < 1.29 is 13.9 Å². The van der Waals surface area contributed by atoms with Gasteiger partial charge < -0.3 is 14.5 Å². The molecule has 0 aliphatic carbocycles. The summed E-state index contributed by atoms with van der Waals surface area (Å²) in [6.45, 7) is 3.50. The van der Waals surface area contributed by atoms with Crippen molar-refractivity contribution in [2.75, 3.05) is 12.4 Å². The van der Waals surface area contributed by atoms with Crippen molar-refractivity contribution in [2.24, 2.45) is 0 Å². The van der Waals surface area contributed by atoms with Gasteiger partial charge in [0.05, 0.1) is 12.4 Å². The number of rotatable bonds is 6. The maximum absolute atomic E-state index is 11.1. The number of thioether (sulfide) groups is 1. The summed E-state index contributed by atoms with van der Waals surface area (Å²) in [6, 6.07) is 15.1. The van der Waals surface area contributed by atoms with Gasteiger partial charge in [-0.3, -0.25) is 4.79 Å². The number of aromatic nitrogens is 2. The van der Waals surface area contributed by atoms with Crippen molar-refractivity contribution in [3.8, 4) is 17.2 Å². The molecule has 0 radical (unpaired) electrons. The molecule has 0 fully saturated rings. The molecular formula is C19H19N3O3S. The van der Waals surface area contributed by atoms with Gasteiger partial charge in [-0.15, -0.1) is 22.0 Å². The fourth-order valence-corrected chi connectivity index (χ4v) is 3.22. The fourth-order valence-electron chi connectivity index (χ4n) is 2.32. The Morgan fingerprint density at radius 1 is 1.12 bits per heavy atom. The third-order valence-electron chi connectivity index (χ3n) is 3.61. The van der Waals surface area contributed by atoms with E-state index in [1.54, 1.807) is 18.9 Å². The number of carbonyl (C=O) groups is 1. The summed E-state index contributed by atoms with van der Waals surface area (Å²) in [6.07, 6.45) is 0. The lowest BCUT2D eigenvalue weighted by Gasteiger charge is -2.08. The number of hydrogen-bond acceptors (Lipinski definition) is 6. The quantitative estimate of drug-likeness (QED) is 0.642. The van der Waals surface area contributed by atoms with Gasteiger partial charge in [-0.1, -0.05) is 0 Å². The van der Waals surface area contributed by atoms with Crippen LogP contribution < -0.4 is 10.1 Å². The summed E-state index contributed by atoms with van der Waals surface area (Å²) in [7, 11) is 1.63. The zero-order chi connectivity index (χ0) is 18.5. The van der Waals surface area contributed by atoms with E-state index in [2.05, 4.69) is 15.5 Å². The lowest BCUT2D eigenvalue weighted by molar-refractivity contribution is -0.114. The number of carbonyl (C=O) groups excluding carboxylic acids is 1. The summed E-state index contributed by atoms with van der Waals surface area (Å²) in [5.74, 6) is 1.73. The molecule has 1 aromatic heterocycles. The molecule has 1 heterocycles. The van der Waals surface area contributed by atoms with Crippen LogP contribution in [0.5, 0.6) is 5.75 Å². The summed E-state index contributed by atoms with van der Waals surface area (Å²) in [5, 5.41) is 11.0. The molecule has 0 unspecified atom stereocenters. The molecule has 1 N–H and O–H groups in total. The molecule has 2 aromatic carbocycles. The van der Waals surface area contributed by atoms with Crippen LogP contribution in [0.15, 0.2) is 57.8 Å². The number of nitrogens with zero attached hydrogens (tertiary/aromatic N) is 2. The molecule has 6 nitrogen and oxygen atoms in total. The summed E-state index contributed by atoms with van der Waals surface area (Å²) < 4.78 is 11.0. The maximum Gasteiger partial charge on any atom is 0.247 e. The van der Waals surface area contributed by atoms with Crippen LogP contribution in [0.4, 0.5) is 5.69 Å². The highest BCUT2D eigenvalue weighted by Gasteiger charge is 2.16. The van der Waals surface area contributed by atoms with Gasteiger partial charge in [0.25, 0.3) is 0 Å². The van der Waals surface area contributed by atoms with Crippen LogP contribution in [0.1, 0.15) is 25.0 Å². The molecule has 0 spiro atoms. The molecule has 0 bridgehead atoms. The predicted octanol–water partition coefficient (Wildman–Crippen LogP) is 4.56. The average Bonchev–Trinajstić information content (AvgIpc) is 3.13. The fraction of sp³-hybridized carbons (Fsp3) is 0.211. The second kappa shape index (κ2) is 8.05. The van der Waals surface area contributed by atoms with Crippen molar-refractivity contribution in [3.05, 3.63) is 54.4 Å². The standard InChI is InChI=1S/C19H19N3O3S/c1-12(26-17-10-6-15(7-11-17)20-13(2)23)18-21-22-19(25-18)14-4-8-16(24-3)9-5-14/h4-12H,1-3H3,(H,20,23)/t12-/m1/s1. The van der Waals surface area contributed by atoms with Crippen molar-refractivity contribution >= 4 is 23.4 Å². The maximum atomic E-state index is 11.1. The number of methoxy groups -OCH3 is 1. The van der Waals surface area contributed by atoms with Crippen LogP contribution in [-0.2, 0) is 4.79 Å². The Labute approximate surface area is 156 Å². The van der Waals surface area contributed by atoms with Crippen molar-refractivity contribution in [2.45, 2.75) is 24.0 Å². The summed E-state index contributed by atoms with van der Waals surface area (Å²) in [5.41, 5.74) is 1.62. The van der Waals surface area contributed by atoms with Crippen molar-refractivity contribution in [3.63, 3.8) is 0 Å². The number of ether oxygens (including phenoxy) is 1. The third-order valence-corrected chi connectivity index (χ3v) is 4.71. The monoisotopic (exact) mass is 369 g/mol. The van der Waals surface area contributed by atoms with Crippen molar-refractivity contribution in [1.29, 1.82) is 0 Å². The second-order valence-corrected chi connectivity index (χ2v) is 7.05. The molecule has 3 rings (SSSR count). The van der Waals surface area contributed by atoms with E-state index < -0.39 is 0 Å². The Bertz CT molecular complexity index is 876. The molecule has 0 saturated heterocycles. The lowest BCUT2D eigenvalue weighted by atomic mass is 10.2. The molecule has 7 heteroatoms. The SMILES string of the molecule is COc1ccc(-c2nnc([C@@H](C)Sc3ccc(NC(C)=O)cc3)o2)cc1. The minimum atomic E-state index is -0.0873. The smallest absolute Gasteiger partial charge is 0.247 e. The molecular weight excluding hydrogens is 350 g/mol. The third kappa shape index (κ3) is 4.43. The lowest BCUT2D eigenvalue weighted by Crippen LogP contribution is -2.05. The first-order valence-corrected chi connectivity index (χ1v) is 8.95. The second-order valence-electron chi connectivity index (χ2n) is 5.64. The highest BCUT2D eigenvalue weighted by atomic mass is 32.2. The minimum absolute atomic E-state index is 0.00103. The van der Waals surface area contributed by atoms with E-state index in [1.807, 2.05) is 55.5 Å². The van der Waals surface area contributed by atoms with E-state index in [1.165, 1.54) is 6.92 Å². The first-order chi connectivity index (χ1) is 12.5. The molecule has 134 valence electrons. The topological polar surface area (TPSA) is 77.3 Å². The number of anilines is 1. The Morgan fingerprint density at radius 2 is 1.81 bits per heavy atom. The number of hydrogen-bond donors (Lipinski definition) is 1. The molecule has 3 aromatic rings. The van der Waals surface area contributed by atoms with Gasteiger partial charge in [-0.05, 0) is 55.5 Å². The minimum Gasteiger partial charge on any atom is -0.497 e. The first-order valence-electron chi connectivity index (χ1n) is 8.07. The Hall–Kier alpha value is -2.80. The van der Waals surface area contributed by atoms with Crippen LogP contribution in [-0.4, -0.2) is 23.2 Å². The molecule has 0 aliphatic heterocycles. The number of benzene rings is 2. The van der Waals surface area contributed by atoms with E-state index in [-0.39, 0.29) is 11.2 Å². The van der Waals surface area contributed by atoms with Crippen LogP contribution in [0.2, 0.25) is 0 Å². The van der Waals surface area contributed by atoms with Gasteiger partial charge in [-0.2, -0.15) is 0 Å². The van der Waals surface area contributed by atoms with E-state index in [4.69, 9.17) is 9.15 Å². The van der Waals surface area contributed by atoms with E-state index in [0.717, 1.165) is 21.9 Å². The van der Waals surface area contributed by atoms with E-state index in [9.17, 15) is 4.79 Å². The number of nitrogens with one attached hydrogen (secondary N) is 1. The number of amides is 1. The van der Waals surface area contributed by atoms with Gasteiger partial charge in [0.1, 0.15) is 5.75 Å². The highest BCUT2D eigenvalue weighted by Crippen LogP contribution is 2.35. The van der Waals surface area contributed by atoms with Gasteiger partial charge in [-0.25, -0.2) is 0 Å². The Morgan fingerprint density at radius 3 is 2.42 bits per heavy atom. The van der Waals surface area contributed by atoms with Crippen LogP contribution in [0, 0.1) is 0 Å². The first kappa shape index (κ1) is 18.0. The molecule has 0 saturated carbocycles. The zero-order valence-corrected chi connectivity index (χ0v) is 15.5. The van der Waals surface area contributed by atoms with Gasteiger partial charge >= 0.3 is 0 Å². The predicted molar refractivity (Wildman–Crippen MR) is 101 cm³/mol. The summed E-state index contributed by atoms with van der Waals surface area (Å²) >= 11 is 1.61. The van der Waals surface area contributed by atoms with E-state index in [0.29, 0.717) is 11.8 Å². The van der Waals surface area contributed by atoms with Gasteiger partial charge in [0.2, 0.25) is 17.7 Å². The Kier molecular flexibility index (Phi) is 5.58. The van der Waals surface area contributed by atoms with Crippen molar-refractivity contribution in [1.82, 2.24) is 10.2 Å². The average molecular weight is 369 g/mol.